The Bertz CT molecular complexity index is 881. The molecule has 0 unspecified atom stereocenters. The second-order valence-corrected chi connectivity index (χ2v) is 7.01. The molecule has 0 heterocycles. The van der Waals surface area contributed by atoms with Crippen molar-refractivity contribution in [2.24, 2.45) is 0 Å². The number of sulfonamides is 1. The van der Waals surface area contributed by atoms with Gasteiger partial charge in [-0.2, -0.15) is 13.2 Å². The first-order valence-corrected chi connectivity index (χ1v) is 8.74. The van der Waals surface area contributed by atoms with E-state index in [1.54, 1.807) is 5.32 Å². The highest BCUT2D eigenvalue weighted by Gasteiger charge is 2.27. The summed E-state index contributed by atoms with van der Waals surface area (Å²) in [5.41, 5.74) is 0.562. The lowest BCUT2D eigenvalue weighted by Crippen LogP contribution is -2.34. The fraction of sp³-hybridized carbons (Fsp3) is 0.188. The predicted octanol–water partition coefficient (Wildman–Crippen LogP) is 2.85. The molecule has 0 spiro atoms. The van der Waals surface area contributed by atoms with E-state index in [0.29, 0.717) is 5.56 Å². The molecular formula is C16H14F4N2O3S. The predicted molar refractivity (Wildman–Crippen MR) is 86.4 cm³/mol. The molecule has 26 heavy (non-hydrogen) atoms. The summed E-state index contributed by atoms with van der Waals surface area (Å²) in [4.78, 5) is 11.2. The van der Waals surface area contributed by atoms with Crippen molar-refractivity contribution < 1.29 is 30.8 Å². The Hall–Kier alpha value is -2.62. The molecule has 0 aliphatic heterocycles. The summed E-state index contributed by atoms with van der Waals surface area (Å²) in [5, 5.41) is 1.74. The van der Waals surface area contributed by atoms with Crippen LogP contribution in [0.1, 0.15) is 5.56 Å². The van der Waals surface area contributed by atoms with E-state index < -0.39 is 34.5 Å². The van der Waals surface area contributed by atoms with Crippen molar-refractivity contribution in [2.45, 2.75) is 17.5 Å². The summed E-state index contributed by atoms with van der Waals surface area (Å²) in [6.07, 6.45) is -4.78. The first kappa shape index (κ1) is 19.7. The van der Waals surface area contributed by atoms with Gasteiger partial charge < -0.3 is 5.32 Å². The third-order valence-corrected chi connectivity index (χ3v) is 4.54. The van der Waals surface area contributed by atoms with Crippen LogP contribution in [0.3, 0.4) is 0 Å². The molecule has 0 aliphatic carbocycles. The molecule has 2 aromatic carbocycles. The number of nitrogens with one attached hydrogen (secondary N) is 2. The number of carbonyl (C=O) groups is 1. The topological polar surface area (TPSA) is 75.3 Å². The highest BCUT2D eigenvalue weighted by molar-refractivity contribution is 7.92. The smallest absolute Gasteiger partial charge is 0.347 e. The van der Waals surface area contributed by atoms with Gasteiger partial charge in [0, 0.05) is 5.69 Å². The zero-order chi connectivity index (χ0) is 19.4. The Kier molecular flexibility index (Phi) is 5.86. The number of rotatable bonds is 6. The zero-order valence-electron chi connectivity index (χ0n) is 13.2. The molecule has 2 rings (SSSR count). The van der Waals surface area contributed by atoms with E-state index in [9.17, 15) is 30.8 Å². The van der Waals surface area contributed by atoms with Gasteiger partial charge in [0.25, 0.3) is 10.0 Å². The van der Waals surface area contributed by atoms with Gasteiger partial charge in [-0.15, -0.1) is 0 Å². The number of alkyl halides is 3. The molecule has 140 valence electrons. The number of benzene rings is 2. The fourth-order valence-corrected chi connectivity index (χ4v) is 3.08. The summed E-state index contributed by atoms with van der Waals surface area (Å²) in [6, 6.07) is 9.95. The highest BCUT2D eigenvalue weighted by atomic mass is 32.2. The van der Waals surface area contributed by atoms with E-state index in [-0.39, 0.29) is 17.0 Å². The number of anilines is 1. The van der Waals surface area contributed by atoms with Gasteiger partial charge in [-0.1, -0.05) is 18.2 Å². The lowest BCUT2D eigenvalue weighted by atomic mass is 10.1. The molecule has 2 aromatic rings. The molecule has 0 aromatic heterocycles. The van der Waals surface area contributed by atoms with Gasteiger partial charge in [-0.3, -0.25) is 9.52 Å². The van der Waals surface area contributed by atoms with E-state index in [1.165, 1.54) is 36.4 Å². The summed E-state index contributed by atoms with van der Waals surface area (Å²) < 4.78 is 75.8. The molecule has 0 bridgehead atoms. The maximum absolute atomic E-state index is 13.1. The van der Waals surface area contributed by atoms with Crippen LogP contribution in [0.25, 0.3) is 0 Å². The van der Waals surface area contributed by atoms with E-state index in [4.69, 9.17) is 0 Å². The van der Waals surface area contributed by atoms with Crippen LogP contribution in [-0.2, 0) is 21.2 Å². The van der Waals surface area contributed by atoms with Gasteiger partial charge in [-0.05, 0) is 35.9 Å². The van der Waals surface area contributed by atoms with Crippen LogP contribution >= 0.6 is 0 Å². The Labute approximate surface area is 147 Å². The standard InChI is InChI=1S/C16H14F4N2O3S/c17-12-2-1-3-14(9-12)26(24,25)22-13-6-4-11(5-7-13)8-15(23)21-10-16(18,19)20/h1-7,9,22H,8,10H2,(H,21,23). The van der Waals surface area contributed by atoms with Crippen molar-refractivity contribution in [3.8, 4) is 0 Å². The first-order chi connectivity index (χ1) is 12.0. The average Bonchev–Trinajstić information content (AvgIpc) is 2.54. The Morgan fingerprint density at radius 1 is 1.04 bits per heavy atom. The molecule has 0 radical (unpaired) electrons. The zero-order valence-corrected chi connectivity index (χ0v) is 14.0. The van der Waals surface area contributed by atoms with Gasteiger partial charge >= 0.3 is 6.18 Å². The summed E-state index contributed by atoms with van der Waals surface area (Å²) >= 11 is 0. The fourth-order valence-electron chi connectivity index (χ4n) is 1.99. The molecule has 0 fully saturated rings. The minimum atomic E-state index is -4.49. The van der Waals surface area contributed by atoms with Crippen LogP contribution in [0.4, 0.5) is 23.2 Å². The molecule has 0 atom stereocenters. The van der Waals surface area contributed by atoms with E-state index >= 15 is 0 Å². The van der Waals surface area contributed by atoms with Gasteiger partial charge in [0.15, 0.2) is 0 Å². The number of carbonyl (C=O) groups excluding carboxylic acids is 1. The van der Waals surface area contributed by atoms with Gasteiger partial charge in [0.1, 0.15) is 12.4 Å². The summed E-state index contributed by atoms with van der Waals surface area (Å²) in [5.74, 6) is -1.51. The third kappa shape index (κ3) is 6.03. The molecule has 10 heteroatoms. The van der Waals surface area contributed by atoms with Crippen LogP contribution in [0.15, 0.2) is 53.4 Å². The number of hydrogen-bond acceptors (Lipinski definition) is 3. The van der Waals surface area contributed by atoms with E-state index in [2.05, 4.69) is 4.72 Å². The maximum atomic E-state index is 13.1. The Balaban J connectivity index is 2.00. The van der Waals surface area contributed by atoms with Gasteiger partial charge in [0.2, 0.25) is 5.91 Å². The molecule has 0 aliphatic rings. The van der Waals surface area contributed by atoms with E-state index in [0.717, 1.165) is 12.1 Å². The molecule has 5 nitrogen and oxygen atoms in total. The lowest BCUT2D eigenvalue weighted by Gasteiger charge is -2.10. The van der Waals surface area contributed by atoms with Crippen molar-refractivity contribution >= 4 is 21.6 Å². The van der Waals surface area contributed by atoms with Crippen LogP contribution in [0.2, 0.25) is 0 Å². The van der Waals surface area contributed by atoms with Crippen LogP contribution in [-0.4, -0.2) is 27.0 Å². The Morgan fingerprint density at radius 3 is 2.27 bits per heavy atom. The van der Waals surface area contributed by atoms with Crippen LogP contribution in [0.5, 0.6) is 0 Å². The summed E-state index contributed by atoms with van der Waals surface area (Å²) in [6.45, 7) is -1.42. The molecule has 0 saturated carbocycles. The van der Waals surface area contributed by atoms with Crippen molar-refractivity contribution in [3.05, 3.63) is 59.9 Å². The minimum Gasteiger partial charge on any atom is -0.347 e. The highest BCUT2D eigenvalue weighted by Crippen LogP contribution is 2.18. The number of hydrogen-bond donors (Lipinski definition) is 2. The number of halogens is 4. The average molecular weight is 390 g/mol. The van der Waals surface area contributed by atoms with Crippen LogP contribution < -0.4 is 10.0 Å². The first-order valence-electron chi connectivity index (χ1n) is 7.26. The Morgan fingerprint density at radius 2 is 1.69 bits per heavy atom. The monoisotopic (exact) mass is 390 g/mol. The lowest BCUT2D eigenvalue weighted by molar-refractivity contribution is -0.138. The van der Waals surface area contributed by atoms with Crippen molar-refractivity contribution in [1.29, 1.82) is 0 Å². The molecular weight excluding hydrogens is 376 g/mol. The number of amides is 1. The van der Waals surface area contributed by atoms with Gasteiger partial charge in [-0.25, -0.2) is 12.8 Å². The van der Waals surface area contributed by atoms with Gasteiger partial charge in [0.05, 0.1) is 11.3 Å². The third-order valence-electron chi connectivity index (χ3n) is 3.16. The molecule has 2 N–H and O–H groups in total. The van der Waals surface area contributed by atoms with Crippen molar-refractivity contribution in [3.63, 3.8) is 0 Å². The largest absolute Gasteiger partial charge is 0.405 e. The quantitative estimate of drug-likeness (QED) is 0.745. The maximum Gasteiger partial charge on any atom is 0.405 e. The second-order valence-electron chi connectivity index (χ2n) is 5.33. The van der Waals surface area contributed by atoms with E-state index in [1.807, 2.05) is 0 Å². The minimum absolute atomic E-state index is 0.161. The normalized spacial score (nSPS) is 11.8. The van der Waals surface area contributed by atoms with Crippen molar-refractivity contribution in [1.82, 2.24) is 5.32 Å². The molecule has 0 saturated heterocycles. The second kappa shape index (κ2) is 7.73. The summed E-state index contributed by atoms with van der Waals surface area (Å²) in [7, 11) is -3.99. The van der Waals surface area contributed by atoms with Crippen LogP contribution in [0, 0.1) is 5.82 Å². The molecule has 1 amide bonds. The SMILES string of the molecule is O=C(Cc1ccc(NS(=O)(=O)c2cccc(F)c2)cc1)NCC(F)(F)F. The van der Waals surface area contributed by atoms with Crippen molar-refractivity contribution in [2.75, 3.05) is 11.3 Å².